The molecule has 1 aromatic heterocycles. The molecule has 1 atom stereocenters. The van der Waals surface area contributed by atoms with Crippen molar-refractivity contribution in [1.82, 2.24) is 20.8 Å². The lowest BCUT2D eigenvalue weighted by atomic mass is 10.0. The number of hydrogen-bond donors (Lipinski definition) is 3. The van der Waals surface area contributed by atoms with Crippen molar-refractivity contribution >= 4 is 5.91 Å². The number of aromatic nitrogens is 2. The van der Waals surface area contributed by atoms with Crippen molar-refractivity contribution in [3.63, 3.8) is 0 Å². The Morgan fingerprint density at radius 1 is 1.28 bits per heavy atom. The van der Waals surface area contributed by atoms with E-state index >= 15 is 0 Å². The van der Waals surface area contributed by atoms with Crippen molar-refractivity contribution < 1.29 is 18.0 Å². The minimum absolute atomic E-state index is 0.0381. The number of carbonyl (C=O) groups is 1. The number of H-pyrrole nitrogens is 1. The number of carbonyl (C=O) groups excluding carboxylic acids is 1. The average molecular weight is 352 g/mol. The van der Waals surface area contributed by atoms with Crippen LogP contribution in [0.25, 0.3) is 0 Å². The van der Waals surface area contributed by atoms with E-state index in [1.165, 1.54) is 0 Å². The second-order valence-electron chi connectivity index (χ2n) is 6.05. The van der Waals surface area contributed by atoms with Gasteiger partial charge in [0.2, 0.25) is 0 Å². The molecule has 1 amide bonds. The first-order valence-electron chi connectivity index (χ1n) is 8.13. The lowest BCUT2D eigenvalue weighted by Gasteiger charge is -2.22. The van der Waals surface area contributed by atoms with Crippen molar-refractivity contribution in [3.8, 4) is 0 Å². The average Bonchev–Trinajstić information content (AvgIpc) is 3.02. The van der Waals surface area contributed by atoms with E-state index in [1.807, 2.05) is 0 Å². The smallest absolute Gasteiger partial charge is 0.339 e. The second kappa shape index (κ2) is 7.26. The summed E-state index contributed by atoms with van der Waals surface area (Å²) in [5.41, 5.74) is 2.29. The number of benzene rings is 1. The molecule has 8 heteroatoms. The summed E-state index contributed by atoms with van der Waals surface area (Å²) in [6, 6.07) is 6.99. The predicted octanol–water partition coefficient (Wildman–Crippen LogP) is 2.35. The first-order chi connectivity index (χ1) is 11.9. The minimum atomic E-state index is -4.51. The molecule has 0 saturated heterocycles. The minimum Gasteiger partial charge on any atom is -0.339 e. The van der Waals surface area contributed by atoms with Gasteiger partial charge in [0.15, 0.2) is 5.69 Å². The zero-order chi connectivity index (χ0) is 17.9. The van der Waals surface area contributed by atoms with Crippen molar-refractivity contribution in [2.24, 2.45) is 0 Å². The molecule has 3 N–H and O–H groups in total. The van der Waals surface area contributed by atoms with Crippen LogP contribution < -0.4 is 10.6 Å². The lowest BCUT2D eigenvalue weighted by Crippen LogP contribution is -2.46. The number of alkyl halides is 3. The summed E-state index contributed by atoms with van der Waals surface area (Å²) in [5.74, 6) is -0.795. The fraction of sp³-hybridized carbons (Fsp3) is 0.412. The largest absolute Gasteiger partial charge is 0.408 e. The zero-order valence-corrected chi connectivity index (χ0v) is 13.5. The Balaban J connectivity index is 1.70. The van der Waals surface area contributed by atoms with Gasteiger partial charge in [-0.1, -0.05) is 30.3 Å². The molecule has 1 unspecified atom stereocenters. The molecule has 2 heterocycles. The molecular formula is C17H19F3N4O. The molecule has 1 aliphatic heterocycles. The maximum atomic E-state index is 13.3. The van der Waals surface area contributed by atoms with E-state index in [0.717, 1.165) is 17.8 Å². The van der Waals surface area contributed by atoms with Crippen molar-refractivity contribution in [1.29, 1.82) is 0 Å². The standard InChI is InChI=1S/C17H19F3N4O/c18-17(19,20)14(7-6-11-4-2-1-3-5-11)22-16(25)15-12-10-21-9-8-13(12)23-24-15/h1-5,14,21H,6-10H2,(H,22,25)(H,23,24). The normalized spacial score (nSPS) is 15.5. The van der Waals surface area contributed by atoms with E-state index in [-0.39, 0.29) is 18.5 Å². The van der Waals surface area contributed by atoms with Crippen molar-refractivity contribution in [2.45, 2.75) is 38.0 Å². The fourth-order valence-corrected chi connectivity index (χ4v) is 2.91. The summed E-state index contributed by atoms with van der Waals surface area (Å²) in [7, 11) is 0. The van der Waals surface area contributed by atoms with Gasteiger partial charge >= 0.3 is 6.18 Å². The molecule has 0 radical (unpaired) electrons. The van der Waals surface area contributed by atoms with Gasteiger partial charge in [-0.25, -0.2) is 0 Å². The van der Waals surface area contributed by atoms with Crippen LogP contribution in [0, 0.1) is 0 Å². The van der Waals surface area contributed by atoms with Crippen LogP contribution in [0.2, 0.25) is 0 Å². The predicted molar refractivity (Wildman–Crippen MR) is 86.1 cm³/mol. The number of amides is 1. The van der Waals surface area contributed by atoms with E-state index in [4.69, 9.17) is 0 Å². The summed E-state index contributed by atoms with van der Waals surface area (Å²) in [4.78, 5) is 12.3. The van der Waals surface area contributed by atoms with E-state index in [0.29, 0.717) is 18.5 Å². The van der Waals surface area contributed by atoms with Crippen LogP contribution in [-0.4, -0.2) is 34.9 Å². The van der Waals surface area contributed by atoms with Gasteiger partial charge in [-0.15, -0.1) is 0 Å². The number of halogens is 3. The van der Waals surface area contributed by atoms with Crippen LogP contribution >= 0.6 is 0 Å². The third-order valence-corrected chi connectivity index (χ3v) is 4.29. The van der Waals surface area contributed by atoms with Gasteiger partial charge in [-0.05, 0) is 18.4 Å². The van der Waals surface area contributed by atoms with Crippen LogP contribution in [0.3, 0.4) is 0 Å². The van der Waals surface area contributed by atoms with E-state index in [2.05, 4.69) is 20.8 Å². The highest BCUT2D eigenvalue weighted by Crippen LogP contribution is 2.25. The molecule has 5 nitrogen and oxygen atoms in total. The molecular weight excluding hydrogens is 333 g/mol. The van der Waals surface area contributed by atoms with Crippen molar-refractivity contribution in [3.05, 3.63) is 52.8 Å². The molecule has 1 aromatic carbocycles. The number of hydrogen-bond acceptors (Lipinski definition) is 3. The van der Waals surface area contributed by atoms with Crippen LogP contribution in [0.5, 0.6) is 0 Å². The summed E-state index contributed by atoms with van der Waals surface area (Å²) in [5, 5.41) is 11.8. The van der Waals surface area contributed by atoms with Gasteiger partial charge in [0.05, 0.1) is 0 Å². The Morgan fingerprint density at radius 3 is 2.76 bits per heavy atom. The first-order valence-corrected chi connectivity index (χ1v) is 8.13. The molecule has 1 aliphatic rings. The summed E-state index contributed by atoms with van der Waals surface area (Å²) in [6.45, 7) is 1.17. The number of nitrogens with one attached hydrogen (secondary N) is 3. The van der Waals surface area contributed by atoms with Crippen LogP contribution in [0.1, 0.15) is 33.7 Å². The van der Waals surface area contributed by atoms with Gasteiger partial charge < -0.3 is 10.6 Å². The Morgan fingerprint density at radius 2 is 2.04 bits per heavy atom. The van der Waals surface area contributed by atoms with Gasteiger partial charge in [0.1, 0.15) is 6.04 Å². The highest BCUT2D eigenvalue weighted by atomic mass is 19.4. The monoisotopic (exact) mass is 352 g/mol. The Kier molecular flexibility index (Phi) is 5.08. The highest BCUT2D eigenvalue weighted by molar-refractivity contribution is 5.94. The summed E-state index contributed by atoms with van der Waals surface area (Å²) >= 11 is 0. The van der Waals surface area contributed by atoms with Gasteiger partial charge in [0.25, 0.3) is 5.91 Å². The summed E-state index contributed by atoms with van der Waals surface area (Å²) < 4.78 is 39.9. The maximum absolute atomic E-state index is 13.3. The maximum Gasteiger partial charge on any atom is 0.408 e. The molecule has 134 valence electrons. The van der Waals surface area contributed by atoms with Crippen molar-refractivity contribution in [2.75, 3.05) is 6.54 Å². The lowest BCUT2D eigenvalue weighted by molar-refractivity contribution is -0.154. The molecule has 0 spiro atoms. The van der Waals surface area contributed by atoms with Gasteiger partial charge in [0, 0.05) is 30.8 Å². The molecule has 0 fully saturated rings. The third kappa shape index (κ3) is 4.19. The Bertz CT molecular complexity index is 727. The van der Waals surface area contributed by atoms with E-state index in [9.17, 15) is 18.0 Å². The van der Waals surface area contributed by atoms with Gasteiger partial charge in [-0.3, -0.25) is 9.89 Å². The number of rotatable bonds is 5. The first kappa shape index (κ1) is 17.5. The molecule has 0 aliphatic carbocycles. The van der Waals surface area contributed by atoms with Crippen LogP contribution in [0.15, 0.2) is 30.3 Å². The number of aromatic amines is 1. The molecule has 2 aromatic rings. The molecule has 0 saturated carbocycles. The zero-order valence-electron chi connectivity index (χ0n) is 13.5. The van der Waals surface area contributed by atoms with Crippen LogP contribution in [-0.2, 0) is 19.4 Å². The quantitative estimate of drug-likeness (QED) is 0.774. The second-order valence-corrected chi connectivity index (χ2v) is 6.05. The Hall–Kier alpha value is -2.35. The molecule has 3 rings (SSSR count). The van der Waals surface area contributed by atoms with E-state index in [1.54, 1.807) is 30.3 Å². The summed E-state index contributed by atoms with van der Waals surface area (Å²) in [6.07, 6.45) is -3.83. The molecule has 0 bridgehead atoms. The van der Waals surface area contributed by atoms with Crippen LogP contribution in [0.4, 0.5) is 13.2 Å². The fourth-order valence-electron chi connectivity index (χ4n) is 2.91. The van der Waals surface area contributed by atoms with E-state index < -0.39 is 18.1 Å². The highest BCUT2D eigenvalue weighted by Gasteiger charge is 2.41. The topological polar surface area (TPSA) is 69.8 Å². The van der Waals surface area contributed by atoms with Gasteiger partial charge in [-0.2, -0.15) is 18.3 Å². The molecule has 25 heavy (non-hydrogen) atoms. The number of fused-ring (bicyclic) bond motifs is 1. The third-order valence-electron chi connectivity index (χ3n) is 4.29. The number of nitrogens with zero attached hydrogens (tertiary/aromatic N) is 1. The number of aryl methyl sites for hydroxylation is 1. The SMILES string of the molecule is O=C(NC(CCc1ccccc1)C(F)(F)F)c1n[nH]c2c1CNCC2. The Labute approximate surface area is 143 Å².